The summed E-state index contributed by atoms with van der Waals surface area (Å²) in [5.74, 6) is -0.669. The molecule has 1 aliphatic rings. The lowest BCUT2D eigenvalue weighted by atomic mass is 10.2. The van der Waals surface area contributed by atoms with Crippen molar-refractivity contribution in [2.45, 2.75) is 25.8 Å². The van der Waals surface area contributed by atoms with Crippen molar-refractivity contribution in [2.24, 2.45) is 0 Å². The number of hydrogen-bond acceptors (Lipinski definition) is 2. The zero-order valence-electron chi connectivity index (χ0n) is 10.7. The van der Waals surface area contributed by atoms with E-state index in [1.165, 1.54) is 27.8 Å². The quantitative estimate of drug-likeness (QED) is 0.885. The largest absolute Gasteiger partial charge is 0.347 e. The first-order chi connectivity index (χ1) is 9.63. The lowest BCUT2D eigenvalue weighted by Gasteiger charge is -2.04. The Balaban J connectivity index is 1.65. The van der Waals surface area contributed by atoms with Crippen LogP contribution in [0.4, 0.5) is 4.39 Å². The van der Waals surface area contributed by atoms with E-state index in [1.807, 2.05) is 0 Å². The number of fused-ring (bicyclic) bond motifs is 1. The van der Waals surface area contributed by atoms with Gasteiger partial charge in [0.25, 0.3) is 5.91 Å². The minimum Gasteiger partial charge on any atom is -0.347 e. The Bertz CT molecular complexity index is 646. The molecule has 0 spiro atoms. The predicted octanol–water partition coefficient (Wildman–Crippen LogP) is 4.07. The van der Waals surface area contributed by atoms with Gasteiger partial charge in [0.2, 0.25) is 0 Å². The number of halogens is 2. The van der Waals surface area contributed by atoms with Gasteiger partial charge in [-0.15, -0.1) is 11.3 Å². The second kappa shape index (κ2) is 5.66. The third-order valence-electron chi connectivity index (χ3n) is 3.40. The summed E-state index contributed by atoms with van der Waals surface area (Å²) in [5, 5.41) is 2.84. The number of carbonyl (C=O) groups is 1. The first-order valence-electron chi connectivity index (χ1n) is 6.47. The molecule has 2 nitrogen and oxygen atoms in total. The van der Waals surface area contributed by atoms with Crippen molar-refractivity contribution >= 4 is 33.2 Å². The average molecular weight is 354 g/mol. The molecule has 5 heteroatoms. The molecule has 0 saturated heterocycles. The normalized spacial score (nSPS) is 13.3. The topological polar surface area (TPSA) is 29.1 Å². The van der Waals surface area contributed by atoms with Crippen molar-refractivity contribution in [3.63, 3.8) is 0 Å². The molecule has 1 aromatic carbocycles. The summed E-state index contributed by atoms with van der Waals surface area (Å²) in [6.07, 6.45) is 3.55. The molecule has 0 unspecified atom stereocenters. The van der Waals surface area contributed by atoms with Crippen LogP contribution in [0, 0.1) is 5.82 Å². The van der Waals surface area contributed by atoms with E-state index >= 15 is 0 Å². The highest BCUT2D eigenvalue weighted by molar-refractivity contribution is 9.10. The Morgan fingerprint density at radius 1 is 1.35 bits per heavy atom. The van der Waals surface area contributed by atoms with Gasteiger partial charge in [-0.05, 0) is 65.0 Å². The van der Waals surface area contributed by atoms with Crippen LogP contribution >= 0.6 is 27.3 Å². The van der Waals surface area contributed by atoms with Crippen LogP contribution in [0.3, 0.4) is 0 Å². The third kappa shape index (κ3) is 2.79. The summed E-state index contributed by atoms with van der Waals surface area (Å²) in [6, 6.07) is 6.57. The molecule has 0 fully saturated rings. The minimum absolute atomic E-state index is 0.245. The van der Waals surface area contributed by atoms with Crippen molar-refractivity contribution in [3.8, 4) is 0 Å². The van der Waals surface area contributed by atoms with E-state index in [1.54, 1.807) is 23.5 Å². The average Bonchev–Trinajstić information content (AvgIpc) is 3.00. The SMILES string of the molecule is O=C(NCc1cc2c(s1)CCC2)c1ccc(Br)c(F)c1. The minimum atomic E-state index is -0.423. The number of benzene rings is 1. The summed E-state index contributed by atoms with van der Waals surface area (Å²) >= 11 is 4.84. The molecule has 0 saturated carbocycles. The Morgan fingerprint density at radius 3 is 2.95 bits per heavy atom. The summed E-state index contributed by atoms with van der Waals surface area (Å²) in [7, 11) is 0. The molecule has 1 heterocycles. The molecule has 3 rings (SSSR count). The number of amides is 1. The van der Waals surface area contributed by atoms with E-state index in [0.717, 1.165) is 12.8 Å². The molecule has 0 radical (unpaired) electrons. The number of thiophene rings is 1. The van der Waals surface area contributed by atoms with Gasteiger partial charge in [0.15, 0.2) is 0 Å². The Morgan fingerprint density at radius 2 is 2.20 bits per heavy atom. The van der Waals surface area contributed by atoms with Crippen LogP contribution in [0.1, 0.15) is 32.1 Å². The molecule has 1 amide bonds. The van der Waals surface area contributed by atoms with Crippen LogP contribution < -0.4 is 5.32 Å². The van der Waals surface area contributed by atoms with E-state index in [4.69, 9.17) is 0 Å². The van der Waals surface area contributed by atoms with E-state index in [2.05, 4.69) is 27.3 Å². The van der Waals surface area contributed by atoms with Gasteiger partial charge in [0.1, 0.15) is 5.82 Å². The first kappa shape index (κ1) is 13.8. The lowest BCUT2D eigenvalue weighted by molar-refractivity contribution is 0.0951. The fraction of sp³-hybridized carbons (Fsp3) is 0.267. The van der Waals surface area contributed by atoms with Crippen LogP contribution in [0.15, 0.2) is 28.7 Å². The highest BCUT2D eigenvalue weighted by Crippen LogP contribution is 2.30. The monoisotopic (exact) mass is 353 g/mol. The molecule has 104 valence electrons. The maximum atomic E-state index is 13.4. The molecule has 0 atom stereocenters. The summed E-state index contributed by atoms with van der Waals surface area (Å²) in [5.41, 5.74) is 1.77. The van der Waals surface area contributed by atoms with Crippen LogP contribution in [0.25, 0.3) is 0 Å². The van der Waals surface area contributed by atoms with Crippen LogP contribution in [-0.2, 0) is 19.4 Å². The van der Waals surface area contributed by atoms with Crippen LogP contribution in [-0.4, -0.2) is 5.91 Å². The second-order valence-electron chi connectivity index (χ2n) is 4.83. The maximum absolute atomic E-state index is 13.4. The lowest BCUT2D eigenvalue weighted by Crippen LogP contribution is -2.22. The molecule has 0 aliphatic heterocycles. The summed E-state index contributed by atoms with van der Waals surface area (Å²) < 4.78 is 13.8. The Labute approximate surface area is 129 Å². The van der Waals surface area contributed by atoms with Gasteiger partial charge in [-0.3, -0.25) is 4.79 Å². The number of nitrogens with one attached hydrogen (secondary N) is 1. The molecular weight excluding hydrogens is 341 g/mol. The molecule has 1 aromatic heterocycles. The maximum Gasteiger partial charge on any atom is 0.251 e. The molecule has 20 heavy (non-hydrogen) atoms. The van der Waals surface area contributed by atoms with Gasteiger partial charge in [-0.25, -0.2) is 4.39 Å². The van der Waals surface area contributed by atoms with E-state index in [9.17, 15) is 9.18 Å². The molecule has 2 aromatic rings. The number of aryl methyl sites for hydroxylation is 2. The van der Waals surface area contributed by atoms with Gasteiger partial charge in [-0.2, -0.15) is 0 Å². The van der Waals surface area contributed by atoms with E-state index in [0.29, 0.717) is 16.6 Å². The number of carbonyl (C=O) groups excluding carboxylic acids is 1. The number of hydrogen-bond donors (Lipinski definition) is 1. The Hall–Kier alpha value is -1.20. The zero-order chi connectivity index (χ0) is 14.1. The molecular formula is C15H13BrFNOS. The zero-order valence-corrected chi connectivity index (χ0v) is 13.1. The van der Waals surface area contributed by atoms with Crippen molar-refractivity contribution in [3.05, 3.63) is 55.4 Å². The predicted molar refractivity (Wildman–Crippen MR) is 81.6 cm³/mol. The van der Waals surface area contributed by atoms with Crippen molar-refractivity contribution < 1.29 is 9.18 Å². The van der Waals surface area contributed by atoms with E-state index < -0.39 is 5.82 Å². The van der Waals surface area contributed by atoms with Crippen LogP contribution in [0.2, 0.25) is 0 Å². The van der Waals surface area contributed by atoms with Crippen molar-refractivity contribution in [1.29, 1.82) is 0 Å². The smallest absolute Gasteiger partial charge is 0.251 e. The van der Waals surface area contributed by atoms with Gasteiger partial charge in [-0.1, -0.05) is 0 Å². The van der Waals surface area contributed by atoms with Crippen LogP contribution in [0.5, 0.6) is 0 Å². The summed E-state index contributed by atoms with van der Waals surface area (Å²) in [6.45, 7) is 0.508. The van der Waals surface area contributed by atoms with Crippen molar-refractivity contribution in [1.82, 2.24) is 5.32 Å². The van der Waals surface area contributed by atoms with Gasteiger partial charge < -0.3 is 5.32 Å². The fourth-order valence-electron chi connectivity index (χ4n) is 2.38. The number of rotatable bonds is 3. The highest BCUT2D eigenvalue weighted by Gasteiger charge is 2.15. The van der Waals surface area contributed by atoms with Gasteiger partial charge in [0, 0.05) is 15.3 Å². The molecule has 1 N–H and O–H groups in total. The van der Waals surface area contributed by atoms with Crippen molar-refractivity contribution in [2.75, 3.05) is 0 Å². The fourth-order valence-corrected chi connectivity index (χ4v) is 3.83. The summed E-state index contributed by atoms with van der Waals surface area (Å²) in [4.78, 5) is 14.6. The first-order valence-corrected chi connectivity index (χ1v) is 8.08. The second-order valence-corrected chi connectivity index (χ2v) is 6.90. The molecule has 0 bridgehead atoms. The molecule has 1 aliphatic carbocycles. The van der Waals surface area contributed by atoms with Gasteiger partial charge >= 0.3 is 0 Å². The van der Waals surface area contributed by atoms with E-state index in [-0.39, 0.29) is 5.91 Å². The Kier molecular flexibility index (Phi) is 3.89. The standard InChI is InChI=1S/C15H13BrFNOS/c16-12-5-4-10(7-13(12)17)15(19)18-8-11-6-9-2-1-3-14(9)20-11/h4-7H,1-3,8H2,(H,18,19). The third-order valence-corrected chi connectivity index (χ3v) is 5.28. The highest BCUT2D eigenvalue weighted by atomic mass is 79.9. The van der Waals surface area contributed by atoms with Gasteiger partial charge in [0.05, 0.1) is 11.0 Å².